The average Bonchev–Trinajstić information content (AvgIpc) is 3.37. The number of hydrogen-bond donors (Lipinski definition) is 1. The zero-order valence-corrected chi connectivity index (χ0v) is 18.6. The Balaban J connectivity index is 1.41. The zero-order valence-electron chi connectivity index (χ0n) is 18.6. The Labute approximate surface area is 196 Å². The van der Waals surface area contributed by atoms with Crippen molar-refractivity contribution in [3.05, 3.63) is 96.2 Å². The largest absolute Gasteiger partial charge is 0.493 e. The molecule has 5 rings (SSSR count). The molecule has 170 valence electrons. The van der Waals surface area contributed by atoms with Crippen molar-refractivity contribution >= 4 is 34.5 Å². The molecule has 7 heteroatoms. The summed E-state index contributed by atoms with van der Waals surface area (Å²) < 4.78 is 13.3. The number of nitrogens with zero attached hydrogens (tertiary/aromatic N) is 2. The summed E-state index contributed by atoms with van der Waals surface area (Å²) in [5.41, 5.74) is 5.13. The molecule has 3 aromatic carbocycles. The molecule has 1 fully saturated rings. The summed E-state index contributed by atoms with van der Waals surface area (Å²) in [6.45, 7) is 1.01. The van der Waals surface area contributed by atoms with Gasteiger partial charge in [-0.15, -0.1) is 0 Å². The first-order chi connectivity index (χ1) is 16.7. The van der Waals surface area contributed by atoms with E-state index in [9.17, 15) is 9.59 Å². The van der Waals surface area contributed by atoms with E-state index in [4.69, 9.17) is 9.47 Å². The fourth-order valence-electron chi connectivity index (χ4n) is 4.04. The summed E-state index contributed by atoms with van der Waals surface area (Å²) >= 11 is 0. The molecule has 1 aliphatic heterocycles. The zero-order chi connectivity index (χ0) is 23.5. The van der Waals surface area contributed by atoms with Crippen LogP contribution in [0.25, 0.3) is 17.0 Å². The molecule has 0 radical (unpaired) electrons. The lowest BCUT2D eigenvalue weighted by atomic mass is 10.1. The number of carbonyl (C=O) groups is 2. The van der Waals surface area contributed by atoms with Crippen LogP contribution in [0.15, 0.2) is 90.6 Å². The van der Waals surface area contributed by atoms with E-state index in [0.29, 0.717) is 30.3 Å². The highest BCUT2D eigenvalue weighted by Crippen LogP contribution is 2.28. The summed E-state index contributed by atoms with van der Waals surface area (Å²) in [6.07, 6.45) is 3.59. The van der Waals surface area contributed by atoms with E-state index in [2.05, 4.69) is 9.99 Å². The molecule has 1 N–H and O–H groups in total. The van der Waals surface area contributed by atoms with Crippen LogP contribution in [-0.2, 0) is 16.1 Å². The lowest BCUT2D eigenvalue weighted by Gasteiger charge is -2.13. The predicted molar refractivity (Wildman–Crippen MR) is 130 cm³/mol. The topological polar surface area (TPSA) is 72.8 Å². The van der Waals surface area contributed by atoms with Crippen molar-refractivity contribution in [3.63, 3.8) is 0 Å². The van der Waals surface area contributed by atoms with E-state index in [1.807, 2.05) is 72.9 Å². The van der Waals surface area contributed by atoms with Crippen molar-refractivity contribution in [3.8, 4) is 11.5 Å². The number of hydrazine groups is 1. The van der Waals surface area contributed by atoms with Gasteiger partial charge in [0.15, 0.2) is 11.5 Å². The normalized spacial score (nSPS) is 14.6. The minimum atomic E-state index is -0.426. The molecule has 2 amide bonds. The fraction of sp³-hybridized carbons (Fsp3) is 0.111. The Bertz CT molecular complexity index is 1390. The monoisotopic (exact) mass is 453 g/mol. The third-order valence-corrected chi connectivity index (χ3v) is 5.68. The van der Waals surface area contributed by atoms with Gasteiger partial charge in [-0.3, -0.25) is 15.0 Å². The number of anilines is 1. The van der Waals surface area contributed by atoms with Gasteiger partial charge in [0.1, 0.15) is 12.2 Å². The van der Waals surface area contributed by atoms with Gasteiger partial charge in [0.25, 0.3) is 11.8 Å². The molecule has 1 aromatic heterocycles. The van der Waals surface area contributed by atoms with Crippen molar-refractivity contribution in [2.75, 3.05) is 18.7 Å². The number of aromatic nitrogens is 1. The van der Waals surface area contributed by atoms with Crippen molar-refractivity contribution < 1.29 is 19.1 Å². The van der Waals surface area contributed by atoms with E-state index >= 15 is 0 Å². The summed E-state index contributed by atoms with van der Waals surface area (Å²) in [5, 5.41) is 2.22. The summed E-state index contributed by atoms with van der Waals surface area (Å²) in [6, 6.07) is 24.4. The first-order valence-electron chi connectivity index (χ1n) is 10.9. The van der Waals surface area contributed by atoms with Gasteiger partial charge in [-0.25, -0.2) is 5.01 Å². The van der Waals surface area contributed by atoms with Crippen LogP contribution in [0.4, 0.5) is 5.69 Å². The average molecular weight is 453 g/mol. The summed E-state index contributed by atoms with van der Waals surface area (Å²) in [5.74, 6) is 0.551. The van der Waals surface area contributed by atoms with Crippen molar-refractivity contribution in [2.45, 2.75) is 6.54 Å². The van der Waals surface area contributed by atoms with Crippen LogP contribution >= 0.6 is 0 Å². The lowest BCUT2D eigenvalue weighted by Crippen LogP contribution is -2.35. The smallest absolute Gasteiger partial charge is 0.282 e. The van der Waals surface area contributed by atoms with Crippen molar-refractivity contribution in [2.24, 2.45) is 0 Å². The Morgan fingerprint density at radius 3 is 2.38 bits per heavy atom. The number of hydrogen-bond acceptors (Lipinski definition) is 4. The third-order valence-electron chi connectivity index (χ3n) is 5.68. The summed E-state index contributed by atoms with van der Waals surface area (Å²) in [7, 11) is 1.61. The minimum absolute atomic E-state index is 0.0945. The van der Waals surface area contributed by atoms with Gasteiger partial charge in [0.05, 0.1) is 19.3 Å². The van der Waals surface area contributed by atoms with Crippen LogP contribution in [0, 0.1) is 0 Å². The van der Waals surface area contributed by atoms with Crippen LogP contribution < -0.4 is 19.9 Å². The quantitative estimate of drug-likeness (QED) is 0.336. The number of rotatable bonds is 7. The highest BCUT2D eigenvalue weighted by molar-refractivity contribution is 6.32. The molecular weight excluding hydrogens is 430 g/mol. The Morgan fingerprint density at radius 1 is 0.882 bits per heavy atom. The van der Waals surface area contributed by atoms with E-state index < -0.39 is 5.91 Å². The second-order valence-corrected chi connectivity index (χ2v) is 7.77. The van der Waals surface area contributed by atoms with Gasteiger partial charge in [0.2, 0.25) is 0 Å². The van der Waals surface area contributed by atoms with Crippen molar-refractivity contribution in [1.29, 1.82) is 0 Å². The molecular formula is C27H23N3O4. The van der Waals surface area contributed by atoms with E-state index in [1.54, 1.807) is 25.3 Å². The second-order valence-electron chi connectivity index (χ2n) is 7.77. The first kappa shape index (κ1) is 21.3. The summed E-state index contributed by atoms with van der Waals surface area (Å²) in [4.78, 5) is 25.6. The first-order valence-corrected chi connectivity index (χ1v) is 10.9. The van der Waals surface area contributed by atoms with Crippen LogP contribution in [0.3, 0.4) is 0 Å². The number of carbonyl (C=O) groups excluding carboxylic acids is 2. The van der Waals surface area contributed by atoms with Crippen molar-refractivity contribution in [1.82, 2.24) is 9.99 Å². The lowest BCUT2D eigenvalue weighted by molar-refractivity contribution is -0.117. The number of ether oxygens (including phenoxy) is 2. The molecule has 34 heavy (non-hydrogen) atoms. The molecule has 2 heterocycles. The standard InChI is InChI=1S/C27H23N3O4/c1-33-24-13-7-8-14-25(24)34-16-15-29-18-19(21-11-5-6-12-23(21)29)17-22-26(31)28-30(27(22)32)20-9-3-2-4-10-20/h2-14,17-18H,15-16H2,1H3,(H,28,31). The van der Waals surface area contributed by atoms with Gasteiger partial charge >= 0.3 is 0 Å². The second kappa shape index (κ2) is 9.15. The SMILES string of the molecule is COc1ccccc1OCCn1cc(C=C2C(=O)NN(c3ccccc3)C2=O)c2ccccc21. The molecule has 7 nitrogen and oxygen atoms in total. The maximum absolute atomic E-state index is 13.0. The number of benzene rings is 3. The molecule has 0 unspecified atom stereocenters. The van der Waals surface area contributed by atoms with E-state index in [-0.39, 0.29) is 11.5 Å². The Hall–Kier alpha value is -4.52. The molecule has 0 saturated carbocycles. The molecule has 0 spiro atoms. The highest BCUT2D eigenvalue weighted by atomic mass is 16.5. The maximum Gasteiger partial charge on any atom is 0.282 e. The van der Waals surface area contributed by atoms with Crippen LogP contribution in [0.5, 0.6) is 11.5 Å². The molecule has 0 atom stereocenters. The number of methoxy groups -OCH3 is 1. The molecule has 0 aliphatic carbocycles. The highest BCUT2D eigenvalue weighted by Gasteiger charge is 2.34. The van der Waals surface area contributed by atoms with Crippen LogP contribution in [0.1, 0.15) is 5.56 Å². The van der Waals surface area contributed by atoms with Gasteiger partial charge in [0, 0.05) is 22.7 Å². The maximum atomic E-state index is 13.0. The molecule has 4 aromatic rings. The number of amides is 2. The van der Waals surface area contributed by atoms with Crippen LogP contribution in [0.2, 0.25) is 0 Å². The van der Waals surface area contributed by atoms with Crippen LogP contribution in [-0.4, -0.2) is 30.1 Å². The number of para-hydroxylation sites is 4. The van der Waals surface area contributed by atoms with Gasteiger partial charge in [-0.1, -0.05) is 48.5 Å². The minimum Gasteiger partial charge on any atom is -0.493 e. The fourth-order valence-corrected chi connectivity index (χ4v) is 4.04. The third kappa shape index (κ3) is 3.99. The predicted octanol–water partition coefficient (Wildman–Crippen LogP) is 4.19. The molecule has 1 aliphatic rings. The van der Waals surface area contributed by atoms with Gasteiger partial charge < -0.3 is 14.0 Å². The Kier molecular flexibility index (Phi) is 5.74. The van der Waals surface area contributed by atoms with E-state index in [0.717, 1.165) is 16.5 Å². The molecule has 0 bridgehead atoms. The Morgan fingerprint density at radius 2 is 1.59 bits per heavy atom. The molecule has 1 saturated heterocycles. The number of nitrogens with one attached hydrogen (secondary N) is 1. The van der Waals surface area contributed by atoms with Gasteiger partial charge in [-0.2, -0.15) is 0 Å². The van der Waals surface area contributed by atoms with E-state index in [1.165, 1.54) is 5.01 Å². The number of fused-ring (bicyclic) bond motifs is 1. The van der Waals surface area contributed by atoms with Gasteiger partial charge in [-0.05, 0) is 36.4 Å².